The van der Waals surface area contributed by atoms with Crippen molar-refractivity contribution in [1.82, 2.24) is 19.7 Å². The van der Waals surface area contributed by atoms with Gasteiger partial charge in [0.1, 0.15) is 17.9 Å². The lowest BCUT2D eigenvalue weighted by Gasteiger charge is -2.43. The van der Waals surface area contributed by atoms with E-state index in [9.17, 15) is 14.7 Å². The number of phenols is 1. The number of phenolic OH excluding ortho intramolecular Hbond substituents is 1. The molecule has 1 aliphatic rings. The van der Waals surface area contributed by atoms with Crippen molar-refractivity contribution in [3.8, 4) is 5.75 Å². The van der Waals surface area contributed by atoms with E-state index in [1.165, 1.54) is 0 Å². The Labute approximate surface area is 238 Å². The summed E-state index contributed by atoms with van der Waals surface area (Å²) in [4.78, 5) is 37.9. The van der Waals surface area contributed by atoms with E-state index in [0.29, 0.717) is 40.3 Å². The number of carbonyl (C=O) groups is 1. The van der Waals surface area contributed by atoms with Crippen molar-refractivity contribution in [1.29, 1.82) is 0 Å². The summed E-state index contributed by atoms with van der Waals surface area (Å²) in [6.45, 7) is 7.07. The smallest absolute Gasteiger partial charge is 0.261 e. The van der Waals surface area contributed by atoms with Gasteiger partial charge in [-0.05, 0) is 62.6 Å². The minimum Gasteiger partial charge on any atom is -0.508 e. The van der Waals surface area contributed by atoms with Crippen LogP contribution in [0.3, 0.4) is 0 Å². The van der Waals surface area contributed by atoms with Crippen LogP contribution in [-0.2, 0) is 22.8 Å². The maximum absolute atomic E-state index is 13.8. The van der Waals surface area contributed by atoms with Crippen LogP contribution in [-0.4, -0.2) is 49.7 Å². The van der Waals surface area contributed by atoms with Gasteiger partial charge in [-0.3, -0.25) is 9.36 Å². The van der Waals surface area contributed by atoms with Crippen LogP contribution in [0.15, 0.2) is 71.5 Å². The zero-order chi connectivity index (χ0) is 28.4. The first-order chi connectivity index (χ1) is 19.2. The first-order valence-electron chi connectivity index (χ1n) is 13.4. The number of rotatable bonds is 8. The van der Waals surface area contributed by atoms with Gasteiger partial charge in [-0.25, -0.2) is 9.92 Å². The van der Waals surface area contributed by atoms with Crippen molar-refractivity contribution in [3.63, 3.8) is 0 Å². The highest BCUT2D eigenvalue weighted by Crippen LogP contribution is 2.32. The third-order valence-corrected chi connectivity index (χ3v) is 7.59. The fourth-order valence-electron chi connectivity index (χ4n) is 5.18. The van der Waals surface area contributed by atoms with Gasteiger partial charge in [0.15, 0.2) is 0 Å². The predicted octanol–water partition coefficient (Wildman–Crippen LogP) is 5.23. The molecule has 5 rings (SSSR count). The Balaban J connectivity index is 1.62. The van der Waals surface area contributed by atoms with Crippen LogP contribution in [0.25, 0.3) is 10.9 Å². The molecule has 2 heterocycles. The topological polar surface area (TPSA) is 87.9 Å². The number of aryl methyl sites for hydroxylation is 1. The lowest BCUT2D eigenvalue weighted by molar-refractivity contribution is -0.379. The van der Waals surface area contributed by atoms with Gasteiger partial charge in [0, 0.05) is 23.2 Å². The normalized spacial score (nSPS) is 17.4. The van der Waals surface area contributed by atoms with E-state index in [1.807, 2.05) is 68.3 Å². The molecule has 8 nitrogen and oxygen atoms in total. The molecule has 0 spiro atoms. The zero-order valence-electron chi connectivity index (χ0n) is 22.8. The van der Waals surface area contributed by atoms with Crippen molar-refractivity contribution >= 4 is 28.8 Å². The molecule has 9 heteroatoms. The Kier molecular flexibility index (Phi) is 8.32. The van der Waals surface area contributed by atoms with Crippen molar-refractivity contribution in [2.24, 2.45) is 0 Å². The molecule has 0 amide bonds. The van der Waals surface area contributed by atoms with Crippen LogP contribution in [0, 0.1) is 6.92 Å². The summed E-state index contributed by atoms with van der Waals surface area (Å²) in [5, 5.41) is 15.1. The molecule has 2 unspecified atom stereocenters. The third kappa shape index (κ3) is 5.81. The first-order valence-corrected chi connectivity index (χ1v) is 13.8. The van der Waals surface area contributed by atoms with Crippen LogP contribution in [0.2, 0.25) is 5.02 Å². The molecule has 1 aliphatic heterocycles. The van der Waals surface area contributed by atoms with Crippen LogP contribution in [0.1, 0.15) is 48.7 Å². The van der Waals surface area contributed by atoms with Crippen molar-refractivity contribution in [3.05, 3.63) is 105 Å². The Morgan fingerprint density at radius 1 is 1.10 bits per heavy atom. The number of carbonyl (C=O) groups excluding carboxylic acids is 1. The Morgan fingerprint density at radius 2 is 1.88 bits per heavy atom. The Bertz CT molecular complexity index is 1570. The summed E-state index contributed by atoms with van der Waals surface area (Å²) in [6, 6.07) is 19.8. The fourth-order valence-corrected chi connectivity index (χ4v) is 5.35. The van der Waals surface area contributed by atoms with E-state index in [2.05, 4.69) is 0 Å². The van der Waals surface area contributed by atoms with E-state index in [-0.39, 0.29) is 30.4 Å². The third-order valence-electron chi connectivity index (χ3n) is 7.36. The van der Waals surface area contributed by atoms with Crippen LogP contribution >= 0.6 is 11.6 Å². The number of aldehydes is 1. The van der Waals surface area contributed by atoms with Gasteiger partial charge in [0.2, 0.25) is 0 Å². The second-order valence-electron chi connectivity index (χ2n) is 10.5. The van der Waals surface area contributed by atoms with Crippen LogP contribution < -0.4 is 5.56 Å². The number of fused-ring (bicyclic) bond motifs is 1. The number of aromatic hydroxyl groups is 1. The number of aromatic nitrogens is 2. The molecule has 0 aliphatic carbocycles. The maximum atomic E-state index is 13.8. The second-order valence-corrected chi connectivity index (χ2v) is 11.0. The molecule has 2 atom stereocenters. The van der Waals surface area contributed by atoms with Gasteiger partial charge in [-0.15, -0.1) is 0 Å². The molecular formula is C31H33ClN4O4. The van der Waals surface area contributed by atoms with Gasteiger partial charge in [0.05, 0.1) is 36.0 Å². The lowest BCUT2D eigenvalue weighted by atomic mass is 9.94. The Hall–Kier alpha value is -3.56. The molecule has 0 saturated carbocycles. The van der Waals surface area contributed by atoms with Gasteiger partial charge in [-0.1, -0.05) is 54.1 Å². The number of hydrogen-bond donors (Lipinski definition) is 1. The summed E-state index contributed by atoms with van der Waals surface area (Å²) < 4.78 is 1.58. The number of nitrogens with zero attached hydrogens (tertiary/aromatic N) is 4. The summed E-state index contributed by atoms with van der Waals surface area (Å²) in [5.41, 5.74) is 2.72. The number of halogens is 1. The van der Waals surface area contributed by atoms with Crippen LogP contribution in [0.5, 0.6) is 5.75 Å². The number of hydrogen-bond acceptors (Lipinski definition) is 7. The molecule has 1 fully saturated rings. The van der Waals surface area contributed by atoms with Gasteiger partial charge in [0.25, 0.3) is 5.56 Å². The average molecular weight is 561 g/mol. The SMILES string of the molecule is Cc1ccc(CN2ON(C(C)C)CCC2C(C=O)c2nc3cc(Cl)ccc3c(=O)n2Cc2ccccc2)c(O)c1. The van der Waals surface area contributed by atoms with E-state index >= 15 is 0 Å². The van der Waals surface area contributed by atoms with Crippen molar-refractivity contribution in [2.75, 3.05) is 6.54 Å². The molecule has 0 bridgehead atoms. The van der Waals surface area contributed by atoms with Crippen molar-refractivity contribution in [2.45, 2.75) is 58.3 Å². The monoisotopic (exact) mass is 560 g/mol. The summed E-state index contributed by atoms with van der Waals surface area (Å²) in [5.74, 6) is -0.281. The Morgan fingerprint density at radius 3 is 2.58 bits per heavy atom. The molecule has 40 heavy (non-hydrogen) atoms. The molecule has 3 aromatic carbocycles. The number of hydroxylamine groups is 4. The van der Waals surface area contributed by atoms with Gasteiger partial charge in [-0.2, -0.15) is 10.1 Å². The molecule has 208 valence electrons. The molecule has 1 aromatic heterocycles. The zero-order valence-corrected chi connectivity index (χ0v) is 23.6. The predicted molar refractivity (Wildman–Crippen MR) is 155 cm³/mol. The highest BCUT2D eigenvalue weighted by Gasteiger charge is 2.38. The standard InChI is InChI=1S/C31H33ClN4O4/c1-20(2)35-14-13-28(36(40-35)18-23-10-9-21(3)15-29(23)38)26(19-37)30-33-27-16-24(32)11-12-25(27)31(39)34(30)17-22-7-5-4-6-8-22/h4-12,15-16,19-20,26,28,38H,13-14,17-18H2,1-3H3. The van der Waals surface area contributed by atoms with E-state index < -0.39 is 12.0 Å². The first kappa shape index (κ1) is 28.0. The maximum Gasteiger partial charge on any atom is 0.261 e. The highest BCUT2D eigenvalue weighted by atomic mass is 35.5. The van der Waals surface area contributed by atoms with E-state index in [0.717, 1.165) is 17.4 Å². The summed E-state index contributed by atoms with van der Waals surface area (Å²) in [7, 11) is 0. The van der Waals surface area contributed by atoms with E-state index in [4.69, 9.17) is 21.5 Å². The van der Waals surface area contributed by atoms with Gasteiger partial charge < -0.3 is 9.90 Å². The minimum atomic E-state index is -0.790. The average Bonchev–Trinajstić information content (AvgIpc) is 2.93. The summed E-state index contributed by atoms with van der Waals surface area (Å²) >= 11 is 6.26. The lowest BCUT2D eigenvalue weighted by Crippen LogP contribution is -2.53. The molecule has 1 N–H and O–H groups in total. The number of benzene rings is 3. The molecular weight excluding hydrogens is 528 g/mol. The fraction of sp³-hybridized carbons (Fsp3) is 0.323. The molecule has 0 radical (unpaired) electrons. The van der Waals surface area contributed by atoms with Gasteiger partial charge >= 0.3 is 0 Å². The minimum absolute atomic E-state index is 0.0990. The summed E-state index contributed by atoms with van der Waals surface area (Å²) in [6.07, 6.45) is 1.43. The largest absolute Gasteiger partial charge is 0.508 e. The molecule has 4 aromatic rings. The van der Waals surface area contributed by atoms with Crippen LogP contribution in [0.4, 0.5) is 0 Å². The van der Waals surface area contributed by atoms with E-state index in [1.54, 1.807) is 33.9 Å². The second kappa shape index (κ2) is 11.9. The quantitative estimate of drug-likeness (QED) is 0.295. The molecule has 1 saturated heterocycles. The highest BCUT2D eigenvalue weighted by molar-refractivity contribution is 6.31. The van der Waals surface area contributed by atoms with Crippen molar-refractivity contribution < 1.29 is 14.8 Å².